The van der Waals surface area contributed by atoms with Gasteiger partial charge in [-0.05, 0) is 74.5 Å². The molecule has 2 aliphatic heterocycles. The van der Waals surface area contributed by atoms with Crippen LogP contribution in [0.25, 0.3) is 0 Å². The number of allylic oxidation sites excluding steroid dienone is 1. The fourth-order valence-corrected chi connectivity index (χ4v) is 7.59. The van der Waals surface area contributed by atoms with Gasteiger partial charge in [0.1, 0.15) is 5.54 Å². The van der Waals surface area contributed by atoms with E-state index in [2.05, 4.69) is 46.7 Å². The van der Waals surface area contributed by atoms with E-state index < -0.39 is 5.54 Å². The van der Waals surface area contributed by atoms with E-state index >= 15 is 0 Å². The van der Waals surface area contributed by atoms with E-state index in [1.807, 2.05) is 49.1 Å². The van der Waals surface area contributed by atoms with Gasteiger partial charge in [-0.2, -0.15) is 0 Å². The van der Waals surface area contributed by atoms with Crippen LogP contribution in [-0.4, -0.2) is 71.7 Å². The quantitative estimate of drug-likeness (QED) is 0.282. The molecule has 232 valence electrons. The van der Waals surface area contributed by atoms with Crippen LogP contribution < -0.4 is 5.73 Å². The van der Waals surface area contributed by atoms with Crippen LogP contribution in [0.4, 0.5) is 0 Å². The van der Waals surface area contributed by atoms with Crippen LogP contribution in [0.2, 0.25) is 10.0 Å². The van der Waals surface area contributed by atoms with Gasteiger partial charge < -0.3 is 10.6 Å². The molecular formula is C36H42Cl2N4O2. The molecule has 1 amide bonds. The highest BCUT2D eigenvalue weighted by molar-refractivity contribution is 6.42. The van der Waals surface area contributed by atoms with Gasteiger partial charge in [-0.15, -0.1) is 6.58 Å². The van der Waals surface area contributed by atoms with Gasteiger partial charge in [-0.1, -0.05) is 82.9 Å². The third kappa shape index (κ3) is 6.65. The number of nitrogens with two attached hydrogens (primary N) is 1. The Labute approximate surface area is 271 Å². The molecule has 44 heavy (non-hydrogen) atoms. The van der Waals surface area contributed by atoms with Crippen LogP contribution >= 0.6 is 23.2 Å². The fourth-order valence-electron chi connectivity index (χ4n) is 7.29. The Bertz CT molecular complexity index is 1490. The molecular weight excluding hydrogens is 591 g/mol. The summed E-state index contributed by atoms with van der Waals surface area (Å²) in [6.07, 6.45) is 3.67. The van der Waals surface area contributed by atoms with Gasteiger partial charge in [0.2, 0.25) is 0 Å². The van der Waals surface area contributed by atoms with Gasteiger partial charge in [0.25, 0.3) is 5.91 Å². The lowest BCUT2D eigenvalue weighted by molar-refractivity contribution is -0.141. The second-order valence-electron chi connectivity index (χ2n) is 12.3. The van der Waals surface area contributed by atoms with Crippen LogP contribution in [0.3, 0.4) is 0 Å². The molecule has 3 aromatic rings. The number of benzene rings is 3. The first-order valence-corrected chi connectivity index (χ1v) is 16.1. The molecule has 2 saturated heterocycles. The average Bonchev–Trinajstić information content (AvgIpc) is 3.02. The number of Topliss-reactive ketones (excluding diaryl/α,β-unsaturated/α-hetero) is 1. The lowest BCUT2D eigenvalue weighted by atomic mass is 9.76. The van der Waals surface area contributed by atoms with E-state index in [4.69, 9.17) is 28.9 Å². The maximum absolute atomic E-state index is 14.3. The zero-order valence-electron chi connectivity index (χ0n) is 25.6. The Balaban J connectivity index is 1.54. The molecule has 0 saturated carbocycles. The average molecular weight is 634 g/mol. The summed E-state index contributed by atoms with van der Waals surface area (Å²) in [7, 11) is 0. The van der Waals surface area contributed by atoms with Crippen molar-refractivity contribution >= 4 is 34.9 Å². The van der Waals surface area contributed by atoms with Crippen LogP contribution in [0.5, 0.6) is 0 Å². The zero-order chi connectivity index (χ0) is 31.4. The SMILES string of the molecule is C=CCC1CN(Cc2ccccc2)CCC1N1CCN(C(=O)c2cc(C)cc(C)c2)CC1(C(=O)CN)c1ccc(Cl)c(Cl)c1. The number of nitrogens with zero attached hydrogens (tertiary/aromatic N) is 3. The minimum atomic E-state index is -1.18. The highest BCUT2D eigenvalue weighted by Crippen LogP contribution is 2.42. The number of aryl methyl sites for hydroxylation is 2. The van der Waals surface area contributed by atoms with Crippen molar-refractivity contribution in [3.05, 3.63) is 117 Å². The number of halogens is 2. The zero-order valence-corrected chi connectivity index (χ0v) is 27.2. The van der Waals surface area contributed by atoms with Crippen molar-refractivity contribution in [3.63, 3.8) is 0 Å². The first-order valence-electron chi connectivity index (χ1n) is 15.4. The molecule has 2 heterocycles. The van der Waals surface area contributed by atoms with E-state index in [0.717, 1.165) is 43.6 Å². The van der Waals surface area contributed by atoms with Gasteiger partial charge in [0.15, 0.2) is 5.78 Å². The van der Waals surface area contributed by atoms with Crippen LogP contribution in [0.15, 0.2) is 79.4 Å². The number of carbonyl (C=O) groups is 2. The minimum absolute atomic E-state index is 0.0726. The van der Waals surface area contributed by atoms with Crippen molar-refractivity contribution < 1.29 is 9.59 Å². The molecule has 3 aromatic carbocycles. The Morgan fingerprint density at radius 2 is 1.70 bits per heavy atom. The highest BCUT2D eigenvalue weighted by atomic mass is 35.5. The number of carbonyl (C=O) groups excluding carboxylic acids is 2. The number of piperazine rings is 1. The summed E-state index contributed by atoms with van der Waals surface area (Å²) in [5, 5.41) is 0.779. The number of likely N-dealkylation sites (tertiary alicyclic amines) is 1. The summed E-state index contributed by atoms with van der Waals surface area (Å²) in [5.41, 5.74) is 9.68. The van der Waals surface area contributed by atoms with Crippen LogP contribution in [-0.2, 0) is 16.9 Å². The maximum Gasteiger partial charge on any atom is 0.254 e. The smallest absolute Gasteiger partial charge is 0.254 e. The predicted octanol–water partition coefficient (Wildman–Crippen LogP) is 6.26. The number of hydrogen-bond acceptors (Lipinski definition) is 5. The maximum atomic E-state index is 14.3. The Kier molecular flexibility index (Phi) is 10.3. The number of piperidine rings is 1. The molecule has 3 unspecified atom stereocenters. The standard InChI is InChI=1S/C36H42Cl2N4O2/c1-4-8-28-23-40(22-27-9-6-5-7-10-27)14-13-33(28)42-16-15-41(35(44)29-18-25(2)17-26(3)19-29)24-36(42,34(43)21-39)30-11-12-31(37)32(38)20-30/h4-7,9-12,17-20,28,33H,1,8,13-16,21-24,39H2,2-3H3. The summed E-state index contributed by atoms with van der Waals surface area (Å²) >= 11 is 13.0. The summed E-state index contributed by atoms with van der Waals surface area (Å²) in [6.45, 7) is 11.7. The molecule has 8 heteroatoms. The molecule has 2 aliphatic rings. The van der Waals surface area contributed by atoms with Gasteiger partial charge in [0.05, 0.1) is 23.1 Å². The first-order chi connectivity index (χ1) is 21.2. The topological polar surface area (TPSA) is 69.9 Å². The molecule has 0 radical (unpaired) electrons. The summed E-state index contributed by atoms with van der Waals surface area (Å²) in [5.74, 6) is 0.00302. The molecule has 0 aromatic heterocycles. The largest absolute Gasteiger partial charge is 0.335 e. The van der Waals surface area contributed by atoms with Gasteiger partial charge in [-0.3, -0.25) is 19.4 Å². The number of amides is 1. The molecule has 5 rings (SSSR count). The molecule has 0 spiro atoms. The predicted molar refractivity (Wildman–Crippen MR) is 179 cm³/mol. The van der Waals surface area contributed by atoms with E-state index in [-0.39, 0.29) is 36.7 Å². The molecule has 0 bridgehead atoms. The molecule has 0 aliphatic carbocycles. The van der Waals surface area contributed by atoms with Crippen molar-refractivity contribution in [1.29, 1.82) is 0 Å². The lowest BCUT2D eigenvalue weighted by Gasteiger charge is -2.56. The first kappa shape index (κ1) is 32.4. The molecule has 6 nitrogen and oxygen atoms in total. The summed E-state index contributed by atoms with van der Waals surface area (Å²) in [4.78, 5) is 35.0. The van der Waals surface area contributed by atoms with Crippen LogP contribution in [0.1, 0.15) is 45.5 Å². The second kappa shape index (κ2) is 14.0. The third-order valence-corrected chi connectivity index (χ3v) is 9.96. The third-order valence-electron chi connectivity index (χ3n) is 9.22. The monoisotopic (exact) mass is 632 g/mol. The Morgan fingerprint density at radius 1 is 0.977 bits per heavy atom. The second-order valence-corrected chi connectivity index (χ2v) is 13.1. The number of ketones is 1. The summed E-state index contributed by atoms with van der Waals surface area (Å²) in [6, 6.07) is 21.8. The highest BCUT2D eigenvalue weighted by Gasteiger charge is 2.53. The van der Waals surface area contributed by atoms with Gasteiger partial charge in [0, 0.05) is 37.8 Å². The summed E-state index contributed by atoms with van der Waals surface area (Å²) < 4.78 is 0. The van der Waals surface area contributed by atoms with Gasteiger partial charge in [-0.25, -0.2) is 0 Å². The van der Waals surface area contributed by atoms with E-state index in [1.54, 1.807) is 12.1 Å². The minimum Gasteiger partial charge on any atom is -0.335 e. The number of rotatable bonds is 9. The van der Waals surface area contributed by atoms with E-state index in [1.165, 1.54) is 5.56 Å². The van der Waals surface area contributed by atoms with Crippen LogP contribution in [0, 0.1) is 19.8 Å². The number of hydrogen-bond donors (Lipinski definition) is 1. The van der Waals surface area contributed by atoms with Crippen molar-refractivity contribution in [2.45, 2.75) is 44.8 Å². The molecule has 2 N–H and O–H groups in total. The molecule has 3 atom stereocenters. The van der Waals surface area contributed by atoms with Crippen molar-refractivity contribution in [3.8, 4) is 0 Å². The Hall–Kier alpha value is -3.00. The van der Waals surface area contributed by atoms with Crippen molar-refractivity contribution in [2.24, 2.45) is 11.7 Å². The normalized spacial score (nSPS) is 23.0. The fraction of sp³-hybridized carbons (Fsp3) is 0.389. The van der Waals surface area contributed by atoms with Crippen molar-refractivity contribution in [1.82, 2.24) is 14.7 Å². The van der Waals surface area contributed by atoms with E-state index in [0.29, 0.717) is 34.3 Å². The lowest BCUT2D eigenvalue weighted by Crippen LogP contribution is -2.70. The molecule has 2 fully saturated rings. The Morgan fingerprint density at radius 3 is 2.36 bits per heavy atom. The van der Waals surface area contributed by atoms with Gasteiger partial charge >= 0.3 is 0 Å². The van der Waals surface area contributed by atoms with E-state index in [9.17, 15) is 9.59 Å². The van der Waals surface area contributed by atoms with Crippen molar-refractivity contribution in [2.75, 3.05) is 39.3 Å².